The number of rotatable bonds is 6. The van der Waals surface area contributed by atoms with E-state index in [1.807, 2.05) is 26.0 Å². The first-order chi connectivity index (χ1) is 10.2. The van der Waals surface area contributed by atoms with Crippen LogP contribution in [0.15, 0.2) is 36.4 Å². The van der Waals surface area contributed by atoms with E-state index in [1.165, 1.54) is 0 Å². The summed E-state index contributed by atoms with van der Waals surface area (Å²) in [6, 6.07) is 10.6. The SMILES string of the molecule is CCNc1ccc(C(=O)Nc2ccccc2OCC)nn1. The van der Waals surface area contributed by atoms with Crippen LogP contribution >= 0.6 is 0 Å². The van der Waals surface area contributed by atoms with Gasteiger partial charge in [-0.05, 0) is 38.1 Å². The molecule has 0 fully saturated rings. The van der Waals surface area contributed by atoms with E-state index in [1.54, 1.807) is 24.3 Å². The number of ether oxygens (including phenoxy) is 1. The van der Waals surface area contributed by atoms with Gasteiger partial charge in [0, 0.05) is 6.54 Å². The fourth-order valence-corrected chi connectivity index (χ4v) is 1.77. The predicted octanol–water partition coefficient (Wildman–Crippen LogP) is 2.56. The van der Waals surface area contributed by atoms with Crippen molar-refractivity contribution in [2.24, 2.45) is 0 Å². The maximum absolute atomic E-state index is 12.2. The zero-order valence-electron chi connectivity index (χ0n) is 12.1. The summed E-state index contributed by atoms with van der Waals surface area (Å²) in [5.74, 6) is 0.951. The van der Waals surface area contributed by atoms with E-state index in [-0.39, 0.29) is 11.6 Å². The van der Waals surface area contributed by atoms with Crippen LogP contribution in [0.1, 0.15) is 24.3 Å². The number of hydrogen-bond acceptors (Lipinski definition) is 5. The lowest BCUT2D eigenvalue weighted by atomic mass is 10.2. The zero-order valence-corrected chi connectivity index (χ0v) is 12.1. The second kappa shape index (κ2) is 7.23. The van der Waals surface area contributed by atoms with Crippen molar-refractivity contribution in [2.45, 2.75) is 13.8 Å². The van der Waals surface area contributed by atoms with Crippen LogP contribution in [0.4, 0.5) is 11.5 Å². The van der Waals surface area contributed by atoms with Crippen molar-refractivity contribution < 1.29 is 9.53 Å². The molecule has 6 heteroatoms. The summed E-state index contributed by atoms with van der Waals surface area (Å²) >= 11 is 0. The highest BCUT2D eigenvalue weighted by Crippen LogP contribution is 2.24. The summed E-state index contributed by atoms with van der Waals surface area (Å²) in [5.41, 5.74) is 0.866. The van der Waals surface area contributed by atoms with Gasteiger partial charge in [0.15, 0.2) is 5.69 Å². The minimum absolute atomic E-state index is 0.253. The number of carbonyl (C=O) groups is 1. The van der Waals surface area contributed by atoms with Gasteiger partial charge in [0.05, 0.1) is 12.3 Å². The molecule has 0 saturated heterocycles. The quantitative estimate of drug-likeness (QED) is 0.853. The van der Waals surface area contributed by atoms with Crippen LogP contribution in [0, 0.1) is 0 Å². The Morgan fingerprint density at radius 2 is 1.95 bits per heavy atom. The van der Waals surface area contributed by atoms with E-state index >= 15 is 0 Å². The Hall–Kier alpha value is -2.63. The lowest BCUT2D eigenvalue weighted by Gasteiger charge is -2.10. The van der Waals surface area contributed by atoms with E-state index in [9.17, 15) is 4.79 Å². The molecule has 1 heterocycles. The van der Waals surface area contributed by atoms with E-state index < -0.39 is 0 Å². The normalized spacial score (nSPS) is 10.0. The van der Waals surface area contributed by atoms with Crippen molar-refractivity contribution in [3.63, 3.8) is 0 Å². The summed E-state index contributed by atoms with van der Waals surface area (Å²) in [6.07, 6.45) is 0. The number of carbonyl (C=O) groups excluding carboxylic acids is 1. The van der Waals surface area contributed by atoms with Crippen LogP contribution in [0.5, 0.6) is 5.75 Å². The molecule has 0 unspecified atom stereocenters. The Labute approximate surface area is 123 Å². The lowest BCUT2D eigenvalue weighted by Crippen LogP contribution is -2.15. The molecule has 0 aliphatic heterocycles. The number of aromatic nitrogens is 2. The Kier molecular flexibility index (Phi) is 5.09. The standard InChI is InChI=1S/C15H18N4O2/c1-3-16-14-10-9-12(18-19-14)15(20)17-11-7-5-6-8-13(11)21-4-2/h5-10H,3-4H2,1-2H3,(H,16,19)(H,17,20). The van der Waals surface area contributed by atoms with Gasteiger partial charge in [-0.1, -0.05) is 12.1 Å². The number of amides is 1. The van der Waals surface area contributed by atoms with Gasteiger partial charge < -0.3 is 15.4 Å². The van der Waals surface area contributed by atoms with Crippen LogP contribution < -0.4 is 15.4 Å². The van der Waals surface area contributed by atoms with Crippen molar-refractivity contribution in [2.75, 3.05) is 23.8 Å². The number of benzene rings is 1. The number of para-hydroxylation sites is 2. The second-order valence-corrected chi connectivity index (χ2v) is 4.22. The maximum atomic E-state index is 12.2. The van der Waals surface area contributed by atoms with Crippen LogP contribution in [-0.2, 0) is 0 Å². The monoisotopic (exact) mass is 286 g/mol. The van der Waals surface area contributed by atoms with Gasteiger partial charge in [0.25, 0.3) is 5.91 Å². The van der Waals surface area contributed by atoms with Crippen LogP contribution in [0.25, 0.3) is 0 Å². The molecule has 0 atom stereocenters. The van der Waals surface area contributed by atoms with Gasteiger partial charge in [-0.15, -0.1) is 10.2 Å². The number of anilines is 2. The first kappa shape index (κ1) is 14.8. The third-order valence-corrected chi connectivity index (χ3v) is 2.69. The average molecular weight is 286 g/mol. The zero-order chi connectivity index (χ0) is 15.1. The first-order valence-electron chi connectivity index (χ1n) is 6.85. The summed E-state index contributed by atoms with van der Waals surface area (Å²) in [4.78, 5) is 12.2. The largest absolute Gasteiger partial charge is 0.492 e. The highest BCUT2D eigenvalue weighted by Gasteiger charge is 2.11. The third-order valence-electron chi connectivity index (χ3n) is 2.69. The molecule has 6 nitrogen and oxygen atoms in total. The topological polar surface area (TPSA) is 76.1 Å². The summed E-state index contributed by atoms with van der Waals surface area (Å²) in [7, 11) is 0. The van der Waals surface area contributed by atoms with Crippen LogP contribution in [0.3, 0.4) is 0 Å². The predicted molar refractivity (Wildman–Crippen MR) is 81.8 cm³/mol. The van der Waals surface area contributed by atoms with Crippen molar-refractivity contribution in [3.8, 4) is 5.75 Å². The van der Waals surface area contributed by atoms with Crippen LogP contribution in [0.2, 0.25) is 0 Å². The molecule has 21 heavy (non-hydrogen) atoms. The van der Waals surface area contributed by atoms with Crippen molar-refractivity contribution in [1.29, 1.82) is 0 Å². The summed E-state index contributed by atoms with van der Waals surface area (Å²) in [5, 5.41) is 13.6. The van der Waals surface area contributed by atoms with Gasteiger partial charge >= 0.3 is 0 Å². The van der Waals surface area contributed by atoms with Crippen molar-refractivity contribution >= 4 is 17.4 Å². The highest BCUT2D eigenvalue weighted by molar-refractivity contribution is 6.03. The molecule has 2 rings (SSSR count). The minimum atomic E-state index is -0.322. The molecule has 0 saturated carbocycles. The van der Waals surface area contributed by atoms with E-state index in [0.717, 1.165) is 6.54 Å². The molecule has 0 aliphatic carbocycles. The second-order valence-electron chi connectivity index (χ2n) is 4.22. The molecular weight excluding hydrogens is 268 g/mol. The number of nitrogens with zero attached hydrogens (tertiary/aromatic N) is 2. The summed E-state index contributed by atoms with van der Waals surface area (Å²) in [6.45, 7) is 5.14. The molecule has 0 bridgehead atoms. The fraction of sp³-hybridized carbons (Fsp3) is 0.267. The Morgan fingerprint density at radius 1 is 1.14 bits per heavy atom. The molecular formula is C15H18N4O2. The molecule has 0 radical (unpaired) electrons. The molecule has 2 aromatic rings. The van der Waals surface area contributed by atoms with Crippen molar-refractivity contribution in [1.82, 2.24) is 10.2 Å². The fourth-order valence-electron chi connectivity index (χ4n) is 1.77. The molecule has 1 aromatic heterocycles. The molecule has 2 N–H and O–H groups in total. The Bertz CT molecular complexity index is 599. The third kappa shape index (κ3) is 3.92. The van der Waals surface area contributed by atoms with E-state index in [2.05, 4.69) is 20.8 Å². The minimum Gasteiger partial charge on any atom is -0.492 e. The maximum Gasteiger partial charge on any atom is 0.276 e. The molecule has 0 spiro atoms. The number of nitrogens with one attached hydrogen (secondary N) is 2. The smallest absolute Gasteiger partial charge is 0.276 e. The van der Waals surface area contributed by atoms with E-state index in [4.69, 9.17) is 4.74 Å². The highest BCUT2D eigenvalue weighted by atomic mass is 16.5. The molecule has 110 valence electrons. The van der Waals surface area contributed by atoms with Gasteiger partial charge in [-0.3, -0.25) is 4.79 Å². The van der Waals surface area contributed by atoms with E-state index in [0.29, 0.717) is 23.9 Å². The first-order valence-corrected chi connectivity index (χ1v) is 6.85. The number of hydrogen-bond donors (Lipinski definition) is 2. The molecule has 1 amide bonds. The van der Waals surface area contributed by atoms with Gasteiger partial charge in [0.2, 0.25) is 0 Å². The van der Waals surface area contributed by atoms with Crippen molar-refractivity contribution in [3.05, 3.63) is 42.1 Å². The molecule has 1 aromatic carbocycles. The van der Waals surface area contributed by atoms with Gasteiger partial charge in [-0.2, -0.15) is 0 Å². The Balaban J connectivity index is 2.10. The van der Waals surface area contributed by atoms with Crippen LogP contribution in [-0.4, -0.2) is 29.3 Å². The lowest BCUT2D eigenvalue weighted by molar-refractivity contribution is 0.102. The van der Waals surface area contributed by atoms with Gasteiger partial charge in [-0.25, -0.2) is 0 Å². The van der Waals surface area contributed by atoms with Gasteiger partial charge in [0.1, 0.15) is 11.6 Å². The Morgan fingerprint density at radius 3 is 2.62 bits per heavy atom. The molecule has 0 aliphatic rings. The average Bonchev–Trinajstić information content (AvgIpc) is 2.50. The summed E-state index contributed by atoms with van der Waals surface area (Å²) < 4.78 is 5.46.